The summed E-state index contributed by atoms with van der Waals surface area (Å²) in [5.41, 5.74) is 0.392. The Balaban J connectivity index is 2.23. The third-order valence-corrected chi connectivity index (χ3v) is 4.08. The van der Waals surface area contributed by atoms with Gasteiger partial charge < -0.3 is 4.90 Å². The zero-order valence-corrected chi connectivity index (χ0v) is 14.1. The average Bonchev–Trinajstić information content (AvgIpc) is 2.87. The molecule has 0 aromatic carbocycles. The molecule has 8 nitrogen and oxygen atoms in total. The molecule has 0 radical (unpaired) electrons. The van der Waals surface area contributed by atoms with Crippen LogP contribution in [-0.4, -0.2) is 45.6 Å². The lowest BCUT2D eigenvalue weighted by molar-refractivity contribution is 0.0831. The molecular formula is C14H17N5O3S. The van der Waals surface area contributed by atoms with E-state index < -0.39 is 5.91 Å². The molecule has 0 bridgehead atoms. The normalized spacial score (nSPS) is 10.4. The fraction of sp³-hybridized carbons (Fsp3) is 0.357. The SMILES string of the molecule is CCn1nc(C(=O)Nc2nc(C)c(C(=O)N(C)C)s2)ccc1=O. The van der Waals surface area contributed by atoms with Gasteiger partial charge in [0.05, 0.1) is 5.69 Å². The number of nitrogens with zero attached hydrogens (tertiary/aromatic N) is 4. The number of hydrogen-bond acceptors (Lipinski definition) is 6. The largest absolute Gasteiger partial charge is 0.344 e. The summed E-state index contributed by atoms with van der Waals surface area (Å²) in [6.45, 7) is 3.84. The number of nitrogens with one attached hydrogen (secondary N) is 1. The number of hydrogen-bond donors (Lipinski definition) is 1. The van der Waals surface area contributed by atoms with Crippen molar-refractivity contribution in [3.05, 3.63) is 38.8 Å². The molecule has 2 aromatic heterocycles. The first-order valence-electron chi connectivity index (χ1n) is 6.92. The fourth-order valence-electron chi connectivity index (χ4n) is 1.81. The van der Waals surface area contributed by atoms with Crippen molar-refractivity contribution in [2.24, 2.45) is 0 Å². The summed E-state index contributed by atoms with van der Waals surface area (Å²) >= 11 is 1.10. The van der Waals surface area contributed by atoms with Crippen molar-refractivity contribution >= 4 is 28.3 Å². The highest BCUT2D eigenvalue weighted by Gasteiger charge is 2.19. The Morgan fingerprint density at radius 3 is 2.65 bits per heavy atom. The van der Waals surface area contributed by atoms with Gasteiger partial charge in [0.15, 0.2) is 5.13 Å². The Hall–Kier alpha value is -2.55. The Morgan fingerprint density at radius 1 is 1.35 bits per heavy atom. The van der Waals surface area contributed by atoms with E-state index in [2.05, 4.69) is 15.4 Å². The Kier molecular flexibility index (Phi) is 4.89. The summed E-state index contributed by atoms with van der Waals surface area (Å²) in [7, 11) is 3.30. The van der Waals surface area contributed by atoms with Crippen molar-refractivity contribution in [1.82, 2.24) is 19.7 Å². The van der Waals surface area contributed by atoms with E-state index in [4.69, 9.17) is 0 Å². The maximum Gasteiger partial charge on any atom is 0.277 e. The predicted molar refractivity (Wildman–Crippen MR) is 87.0 cm³/mol. The first-order valence-corrected chi connectivity index (χ1v) is 7.73. The third kappa shape index (κ3) is 3.62. The number of rotatable bonds is 4. The van der Waals surface area contributed by atoms with Gasteiger partial charge in [-0.05, 0) is 19.9 Å². The van der Waals surface area contributed by atoms with Gasteiger partial charge in [-0.25, -0.2) is 9.67 Å². The Morgan fingerprint density at radius 2 is 2.04 bits per heavy atom. The van der Waals surface area contributed by atoms with Crippen LogP contribution in [-0.2, 0) is 6.54 Å². The summed E-state index contributed by atoms with van der Waals surface area (Å²) in [4.78, 5) is 41.8. The molecule has 2 amide bonds. The van der Waals surface area contributed by atoms with Gasteiger partial charge in [0.2, 0.25) is 0 Å². The van der Waals surface area contributed by atoms with Crippen LogP contribution in [0.3, 0.4) is 0 Å². The topological polar surface area (TPSA) is 97.2 Å². The molecular weight excluding hydrogens is 318 g/mol. The molecule has 0 atom stereocenters. The molecule has 23 heavy (non-hydrogen) atoms. The molecule has 9 heteroatoms. The number of aromatic nitrogens is 3. The molecule has 1 N–H and O–H groups in total. The van der Waals surface area contributed by atoms with Crippen molar-refractivity contribution in [3.8, 4) is 0 Å². The zero-order chi connectivity index (χ0) is 17.1. The number of carbonyl (C=O) groups is 2. The van der Waals surface area contributed by atoms with Gasteiger partial charge in [0.25, 0.3) is 17.4 Å². The first kappa shape index (κ1) is 16.8. The van der Waals surface area contributed by atoms with Crippen LogP contribution in [0.5, 0.6) is 0 Å². The van der Waals surface area contributed by atoms with E-state index in [0.717, 1.165) is 11.3 Å². The van der Waals surface area contributed by atoms with E-state index in [1.807, 2.05) is 0 Å². The quantitative estimate of drug-likeness (QED) is 0.898. The average molecular weight is 335 g/mol. The van der Waals surface area contributed by atoms with Crippen molar-refractivity contribution < 1.29 is 9.59 Å². The first-order chi connectivity index (χ1) is 10.8. The molecule has 0 saturated carbocycles. The second-order valence-corrected chi connectivity index (χ2v) is 5.96. The molecule has 2 aromatic rings. The molecule has 2 rings (SSSR count). The predicted octanol–water partition coefficient (Wildman–Crippen LogP) is 0.982. The monoisotopic (exact) mass is 335 g/mol. The zero-order valence-electron chi connectivity index (χ0n) is 13.3. The van der Waals surface area contributed by atoms with Crippen LogP contribution in [0.25, 0.3) is 0 Å². The highest BCUT2D eigenvalue weighted by molar-refractivity contribution is 7.17. The van der Waals surface area contributed by atoms with Crippen LogP contribution in [0.4, 0.5) is 5.13 Å². The van der Waals surface area contributed by atoms with Gasteiger partial charge in [-0.3, -0.25) is 19.7 Å². The summed E-state index contributed by atoms with van der Waals surface area (Å²) in [5.74, 6) is -0.650. The summed E-state index contributed by atoms with van der Waals surface area (Å²) < 4.78 is 1.20. The number of anilines is 1. The fourth-order valence-corrected chi connectivity index (χ4v) is 2.79. The molecule has 0 aliphatic carbocycles. The number of amides is 2. The minimum Gasteiger partial charge on any atom is -0.344 e. The number of thiazole rings is 1. The molecule has 0 aliphatic rings. The van der Waals surface area contributed by atoms with E-state index in [-0.39, 0.29) is 17.2 Å². The van der Waals surface area contributed by atoms with Crippen molar-refractivity contribution in [2.75, 3.05) is 19.4 Å². The summed E-state index contributed by atoms with van der Waals surface area (Å²) in [5, 5.41) is 6.89. The Labute approximate surface area is 136 Å². The minimum absolute atomic E-state index is 0.111. The van der Waals surface area contributed by atoms with Crippen molar-refractivity contribution in [3.63, 3.8) is 0 Å². The van der Waals surface area contributed by atoms with E-state index in [1.165, 1.54) is 21.7 Å². The van der Waals surface area contributed by atoms with Gasteiger partial charge in [-0.15, -0.1) is 0 Å². The number of aryl methyl sites for hydroxylation is 2. The van der Waals surface area contributed by atoms with Crippen LogP contribution >= 0.6 is 11.3 Å². The van der Waals surface area contributed by atoms with Crippen LogP contribution in [0.2, 0.25) is 0 Å². The van der Waals surface area contributed by atoms with Gasteiger partial charge in [-0.2, -0.15) is 5.10 Å². The second kappa shape index (κ2) is 6.69. The van der Waals surface area contributed by atoms with Crippen LogP contribution in [0.1, 0.15) is 32.8 Å². The smallest absolute Gasteiger partial charge is 0.277 e. The lowest BCUT2D eigenvalue weighted by Gasteiger charge is -2.07. The molecule has 2 heterocycles. The van der Waals surface area contributed by atoms with Crippen LogP contribution in [0, 0.1) is 6.92 Å². The molecule has 0 fully saturated rings. The van der Waals surface area contributed by atoms with Crippen molar-refractivity contribution in [1.29, 1.82) is 0 Å². The number of carbonyl (C=O) groups excluding carboxylic acids is 2. The molecule has 122 valence electrons. The van der Waals surface area contributed by atoms with E-state index >= 15 is 0 Å². The third-order valence-electron chi connectivity index (χ3n) is 3.02. The maximum absolute atomic E-state index is 12.2. The van der Waals surface area contributed by atoms with Crippen LogP contribution in [0.15, 0.2) is 16.9 Å². The van der Waals surface area contributed by atoms with E-state index in [0.29, 0.717) is 22.2 Å². The van der Waals surface area contributed by atoms with Crippen molar-refractivity contribution in [2.45, 2.75) is 20.4 Å². The van der Waals surface area contributed by atoms with Gasteiger partial charge in [-0.1, -0.05) is 11.3 Å². The highest BCUT2D eigenvalue weighted by atomic mass is 32.1. The van der Waals surface area contributed by atoms with Crippen LogP contribution < -0.4 is 10.9 Å². The maximum atomic E-state index is 12.2. The minimum atomic E-state index is -0.482. The Bertz CT molecular complexity index is 809. The standard InChI is InChI=1S/C14H17N5O3S/c1-5-19-10(20)7-6-9(17-19)12(21)16-14-15-8(2)11(23-14)13(22)18(3)4/h6-7H,5H2,1-4H3,(H,15,16,21). The lowest BCUT2D eigenvalue weighted by Crippen LogP contribution is -2.25. The summed E-state index contributed by atoms with van der Waals surface area (Å²) in [6, 6.07) is 2.65. The van der Waals surface area contributed by atoms with E-state index in [1.54, 1.807) is 27.9 Å². The van der Waals surface area contributed by atoms with E-state index in [9.17, 15) is 14.4 Å². The second-order valence-electron chi connectivity index (χ2n) is 4.96. The molecule has 0 unspecified atom stereocenters. The van der Waals surface area contributed by atoms with Gasteiger partial charge >= 0.3 is 0 Å². The highest BCUT2D eigenvalue weighted by Crippen LogP contribution is 2.23. The van der Waals surface area contributed by atoms with Gasteiger partial charge in [0.1, 0.15) is 10.6 Å². The summed E-state index contributed by atoms with van der Waals surface area (Å²) in [6.07, 6.45) is 0. The molecule has 0 saturated heterocycles. The van der Waals surface area contributed by atoms with Gasteiger partial charge in [0, 0.05) is 26.7 Å². The molecule has 0 aliphatic heterocycles. The lowest BCUT2D eigenvalue weighted by atomic mass is 10.3. The molecule has 0 spiro atoms.